The first-order chi connectivity index (χ1) is 15.1. The minimum Gasteiger partial charge on any atom is -0.463 e. The molecule has 1 aliphatic heterocycles. The van der Waals surface area contributed by atoms with E-state index in [1.165, 1.54) is 0 Å². The zero-order valence-electron chi connectivity index (χ0n) is 18.6. The number of hydrogen-bond donors (Lipinski definition) is 1. The van der Waals surface area contributed by atoms with Gasteiger partial charge in [0.15, 0.2) is 0 Å². The van der Waals surface area contributed by atoms with E-state index < -0.39 is 6.10 Å². The molecule has 2 fully saturated rings. The Bertz CT molecular complexity index is 692. The predicted octanol–water partition coefficient (Wildman–Crippen LogP) is 2.48. The van der Waals surface area contributed by atoms with Crippen LogP contribution in [0.25, 0.3) is 0 Å². The largest absolute Gasteiger partial charge is 0.463 e. The maximum atomic E-state index is 13.2. The van der Waals surface area contributed by atoms with Crippen LogP contribution < -0.4 is 0 Å². The molecule has 0 aromatic heterocycles. The second-order valence-electron chi connectivity index (χ2n) is 8.60. The number of nitrogens with zero attached hydrogens (tertiary/aromatic N) is 2. The molecule has 1 saturated carbocycles. The van der Waals surface area contributed by atoms with Crippen molar-refractivity contribution in [3.63, 3.8) is 0 Å². The molecule has 1 aromatic carbocycles. The number of carbonyl (C=O) groups is 2. The van der Waals surface area contributed by atoms with Gasteiger partial charge in [-0.2, -0.15) is 0 Å². The van der Waals surface area contributed by atoms with Gasteiger partial charge in [-0.1, -0.05) is 38.0 Å². The van der Waals surface area contributed by atoms with Crippen LogP contribution in [0.4, 0.5) is 0 Å². The number of ether oxygens (including phenoxy) is 2. The molecule has 2 atom stereocenters. The molecule has 1 N–H and O–H groups in total. The van der Waals surface area contributed by atoms with Crippen LogP contribution in [-0.4, -0.2) is 84.4 Å². The molecule has 2 unspecified atom stereocenters. The van der Waals surface area contributed by atoms with Crippen LogP contribution >= 0.6 is 0 Å². The zero-order chi connectivity index (χ0) is 22.1. The highest BCUT2D eigenvalue weighted by molar-refractivity contribution is 5.94. The smallest absolute Gasteiger partial charge is 0.305 e. The van der Waals surface area contributed by atoms with Crippen molar-refractivity contribution in [2.24, 2.45) is 0 Å². The van der Waals surface area contributed by atoms with E-state index >= 15 is 0 Å². The second-order valence-corrected chi connectivity index (χ2v) is 8.60. The molecular formula is C24H36N2O5. The van der Waals surface area contributed by atoms with E-state index in [-0.39, 0.29) is 30.6 Å². The monoisotopic (exact) mass is 432 g/mol. The molecule has 0 bridgehead atoms. The quantitative estimate of drug-likeness (QED) is 0.572. The van der Waals surface area contributed by atoms with Gasteiger partial charge in [0.05, 0.1) is 12.7 Å². The third-order valence-corrected chi connectivity index (χ3v) is 6.03. The van der Waals surface area contributed by atoms with Gasteiger partial charge in [0.1, 0.15) is 12.7 Å². The third-order valence-electron chi connectivity index (χ3n) is 6.03. The molecule has 7 heteroatoms. The Morgan fingerprint density at radius 3 is 2.71 bits per heavy atom. The van der Waals surface area contributed by atoms with Crippen molar-refractivity contribution < 1.29 is 24.2 Å². The SMILES string of the molecule is CCCC(=O)OCC(O)CN1CCOC(CN(C(=O)c2ccccc2)C2CCCC2)C1. The highest BCUT2D eigenvalue weighted by Gasteiger charge is 2.32. The Hall–Kier alpha value is -1.96. The number of benzene rings is 1. The Morgan fingerprint density at radius 2 is 2.00 bits per heavy atom. The molecule has 7 nitrogen and oxygen atoms in total. The number of β-amino-alcohol motifs (C(OH)–C–C–N with tert-alkyl or cyclic N) is 1. The van der Waals surface area contributed by atoms with E-state index in [4.69, 9.17) is 9.47 Å². The molecular weight excluding hydrogens is 396 g/mol. The van der Waals surface area contributed by atoms with Crippen LogP contribution in [0.3, 0.4) is 0 Å². The van der Waals surface area contributed by atoms with Crippen molar-refractivity contribution in [1.29, 1.82) is 0 Å². The summed E-state index contributed by atoms with van der Waals surface area (Å²) in [6.07, 6.45) is 4.67. The van der Waals surface area contributed by atoms with Crippen LogP contribution in [0, 0.1) is 0 Å². The second kappa shape index (κ2) is 12.2. The summed E-state index contributed by atoms with van der Waals surface area (Å²) < 4.78 is 11.1. The average Bonchev–Trinajstić information content (AvgIpc) is 3.31. The molecule has 1 heterocycles. The van der Waals surface area contributed by atoms with Gasteiger partial charge in [-0.05, 0) is 31.4 Å². The van der Waals surface area contributed by atoms with Crippen LogP contribution in [0.1, 0.15) is 55.8 Å². The standard InChI is InChI=1S/C24H36N2O5/c1-2-8-23(28)31-18-21(27)15-25-13-14-30-22(16-25)17-26(20-11-6-7-12-20)24(29)19-9-4-3-5-10-19/h3-5,9-10,20-22,27H,2,6-8,11-18H2,1H3. The lowest BCUT2D eigenvalue weighted by atomic mass is 10.1. The number of hydrogen-bond acceptors (Lipinski definition) is 6. The van der Waals surface area contributed by atoms with E-state index in [0.717, 1.165) is 32.1 Å². The molecule has 1 saturated heterocycles. The van der Waals surface area contributed by atoms with Crippen LogP contribution in [0.15, 0.2) is 30.3 Å². The number of esters is 1. The van der Waals surface area contributed by atoms with Gasteiger partial charge in [-0.3, -0.25) is 14.5 Å². The van der Waals surface area contributed by atoms with E-state index in [2.05, 4.69) is 4.90 Å². The zero-order valence-corrected chi connectivity index (χ0v) is 18.6. The van der Waals surface area contributed by atoms with Gasteiger partial charge in [0.25, 0.3) is 5.91 Å². The number of aliphatic hydroxyl groups is 1. The van der Waals surface area contributed by atoms with Crippen LogP contribution in [0.5, 0.6) is 0 Å². The summed E-state index contributed by atoms with van der Waals surface area (Å²) in [6, 6.07) is 9.71. The van der Waals surface area contributed by atoms with Gasteiger partial charge in [0.2, 0.25) is 0 Å². The summed E-state index contributed by atoms with van der Waals surface area (Å²) in [5.74, 6) is -0.205. The Labute approximate surface area is 185 Å². The lowest BCUT2D eigenvalue weighted by Gasteiger charge is -2.38. The fourth-order valence-electron chi connectivity index (χ4n) is 4.45. The summed E-state index contributed by atoms with van der Waals surface area (Å²) in [6.45, 7) is 4.83. The van der Waals surface area contributed by atoms with Crippen molar-refractivity contribution in [2.75, 3.05) is 39.4 Å². The average molecular weight is 433 g/mol. The van der Waals surface area contributed by atoms with Gasteiger partial charge in [-0.15, -0.1) is 0 Å². The molecule has 1 amide bonds. The minimum absolute atomic E-state index is 0.0154. The van der Waals surface area contributed by atoms with E-state index in [9.17, 15) is 14.7 Å². The summed E-state index contributed by atoms with van der Waals surface area (Å²) in [5, 5.41) is 10.3. The number of carbonyl (C=O) groups excluding carboxylic acids is 2. The Morgan fingerprint density at radius 1 is 1.26 bits per heavy atom. The summed E-state index contributed by atoms with van der Waals surface area (Å²) in [5.41, 5.74) is 0.714. The molecule has 0 radical (unpaired) electrons. The Balaban J connectivity index is 1.55. The van der Waals surface area contributed by atoms with E-state index in [0.29, 0.717) is 44.8 Å². The highest BCUT2D eigenvalue weighted by Crippen LogP contribution is 2.26. The fraction of sp³-hybridized carbons (Fsp3) is 0.667. The number of morpholine rings is 1. The number of amides is 1. The summed E-state index contributed by atoms with van der Waals surface area (Å²) in [7, 11) is 0. The fourth-order valence-corrected chi connectivity index (χ4v) is 4.45. The number of aliphatic hydroxyl groups excluding tert-OH is 1. The van der Waals surface area contributed by atoms with Crippen molar-refractivity contribution in [2.45, 2.75) is 63.7 Å². The first-order valence-corrected chi connectivity index (χ1v) is 11.6. The van der Waals surface area contributed by atoms with E-state index in [1.54, 1.807) is 0 Å². The van der Waals surface area contributed by atoms with Gasteiger partial charge >= 0.3 is 5.97 Å². The van der Waals surface area contributed by atoms with Gasteiger partial charge < -0.3 is 19.5 Å². The summed E-state index contributed by atoms with van der Waals surface area (Å²) >= 11 is 0. The maximum absolute atomic E-state index is 13.2. The maximum Gasteiger partial charge on any atom is 0.305 e. The first kappa shape index (κ1) is 23.7. The van der Waals surface area contributed by atoms with Crippen LogP contribution in [-0.2, 0) is 14.3 Å². The van der Waals surface area contributed by atoms with Crippen molar-refractivity contribution in [3.05, 3.63) is 35.9 Å². The molecule has 0 spiro atoms. The molecule has 1 aliphatic carbocycles. The van der Waals surface area contributed by atoms with E-state index in [1.807, 2.05) is 42.2 Å². The van der Waals surface area contributed by atoms with Crippen molar-refractivity contribution >= 4 is 11.9 Å². The molecule has 3 rings (SSSR count). The molecule has 2 aliphatic rings. The number of rotatable bonds is 10. The summed E-state index contributed by atoms with van der Waals surface area (Å²) in [4.78, 5) is 28.9. The molecule has 1 aromatic rings. The first-order valence-electron chi connectivity index (χ1n) is 11.6. The topological polar surface area (TPSA) is 79.3 Å². The minimum atomic E-state index is -0.726. The Kier molecular flexibility index (Phi) is 9.31. The van der Waals surface area contributed by atoms with Crippen molar-refractivity contribution in [3.8, 4) is 0 Å². The normalized spacial score (nSPS) is 21.0. The van der Waals surface area contributed by atoms with Gasteiger partial charge in [-0.25, -0.2) is 0 Å². The van der Waals surface area contributed by atoms with Gasteiger partial charge in [0, 0.05) is 44.2 Å². The third kappa shape index (κ3) is 7.30. The molecule has 31 heavy (non-hydrogen) atoms. The van der Waals surface area contributed by atoms with Crippen molar-refractivity contribution in [1.82, 2.24) is 9.80 Å². The predicted molar refractivity (Wildman–Crippen MR) is 118 cm³/mol. The highest BCUT2D eigenvalue weighted by atomic mass is 16.5. The lowest BCUT2D eigenvalue weighted by Crippen LogP contribution is -2.52. The molecule has 172 valence electrons. The lowest BCUT2D eigenvalue weighted by molar-refractivity contribution is -0.147. The van der Waals surface area contributed by atoms with Crippen LogP contribution in [0.2, 0.25) is 0 Å².